The first-order valence-corrected chi connectivity index (χ1v) is 19.1. The average Bonchev–Trinajstić information content (AvgIpc) is 4.02. The summed E-state index contributed by atoms with van der Waals surface area (Å²) < 4.78 is 17.6. The van der Waals surface area contributed by atoms with E-state index in [2.05, 4.69) is 167 Å². The van der Waals surface area contributed by atoms with Gasteiger partial charge in [-0.2, -0.15) is 0 Å². The topological polar surface area (TPSA) is 35.1 Å². The predicted octanol–water partition coefficient (Wildman–Crippen LogP) is 14.6. The second-order valence-corrected chi connectivity index (χ2v) is 15.3. The van der Waals surface area contributed by atoms with E-state index in [9.17, 15) is 0 Å². The zero-order valence-electron chi connectivity index (χ0n) is 29.9. The summed E-state index contributed by atoms with van der Waals surface area (Å²) in [6.07, 6.45) is 4.60. The Kier molecular flexibility index (Phi) is 5.23. The number of aromatic nitrogens is 2. The lowest BCUT2D eigenvalue weighted by atomic mass is 9.96. The maximum absolute atomic E-state index is 6.47. The molecule has 258 valence electrons. The van der Waals surface area contributed by atoms with Crippen molar-refractivity contribution >= 4 is 120 Å². The van der Waals surface area contributed by atoms with Crippen LogP contribution < -0.4 is 0 Å². The van der Waals surface area contributed by atoms with Gasteiger partial charge in [0.1, 0.15) is 22.3 Å². The summed E-state index contributed by atoms with van der Waals surface area (Å²) >= 11 is 0. The third-order valence-corrected chi connectivity index (χ3v) is 12.4. The molecular weight excluding hydrogens is 685 g/mol. The number of pyridine rings is 2. The molecule has 0 saturated carbocycles. The first-order chi connectivity index (χ1) is 27.7. The van der Waals surface area contributed by atoms with Crippen molar-refractivity contribution in [3.63, 3.8) is 0 Å². The van der Waals surface area contributed by atoms with Gasteiger partial charge in [-0.15, -0.1) is 0 Å². The number of fused-ring (bicyclic) bond motifs is 22. The van der Waals surface area contributed by atoms with Crippen LogP contribution in [0.2, 0.25) is 0 Å². The summed E-state index contributed by atoms with van der Waals surface area (Å²) in [6, 6.07) is 57.2. The molecule has 0 fully saturated rings. The third-order valence-electron chi connectivity index (χ3n) is 12.4. The van der Waals surface area contributed by atoms with Gasteiger partial charge in [-0.25, -0.2) is 0 Å². The van der Waals surface area contributed by atoms with Crippen molar-refractivity contribution in [1.82, 2.24) is 8.80 Å². The minimum atomic E-state index is 0.909. The fourth-order valence-corrected chi connectivity index (χ4v) is 9.92. The second kappa shape index (κ2) is 10.1. The first kappa shape index (κ1) is 28.9. The van der Waals surface area contributed by atoms with Crippen LogP contribution in [-0.2, 0) is 0 Å². The number of furan rings is 2. The van der Waals surface area contributed by atoms with E-state index in [4.69, 9.17) is 8.83 Å². The van der Waals surface area contributed by atoms with Crippen molar-refractivity contribution < 1.29 is 8.83 Å². The highest BCUT2D eigenvalue weighted by molar-refractivity contribution is 6.26. The van der Waals surface area contributed by atoms with E-state index in [0.717, 1.165) is 43.9 Å². The highest BCUT2D eigenvalue weighted by Crippen LogP contribution is 2.43. The molecule has 56 heavy (non-hydrogen) atoms. The number of hydrogen-bond acceptors (Lipinski definition) is 2. The van der Waals surface area contributed by atoms with Crippen molar-refractivity contribution in [2.45, 2.75) is 0 Å². The zero-order valence-corrected chi connectivity index (χ0v) is 29.9. The lowest BCUT2D eigenvalue weighted by Crippen LogP contribution is -1.91. The molecule has 0 radical (unpaired) electrons. The Morgan fingerprint density at radius 1 is 0.286 bits per heavy atom. The zero-order chi connectivity index (χ0) is 36.2. The van der Waals surface area contributed by atoms with Crippen LogP contribution in [0, 0.1) is 0 Å². The van der Waals surface area contributed by atoms with Crippen LogP contribution in [0.15, 0.2) is 179 Å². The van der Waals surface area contributed by atoms with E-state index in [1.165, 1.54) is 87.1 Å². The Labute approximate surface area is 317 Å². The highest BCUT2D eigenvalue weighted by atomic mass is 16.3. The van der Waals surface area contributed by atoms with Crippen molar-refractivity contribution in [3.8, 4) is 11.1 Å². The van der Waals surface area contributed by atoms with Gasteiger partial charge in [-0.05, 0) is 82.6 Å². The summed E-state index contributed by atoms with van der Waals surface area (Å²) in [5.41, 5.74) is 10.8. The summed E-state index contributed by atoms with van der Waals surface area (Å²) in [7, 11) is 0. The summed E-state index contributed by atoms with van der Waals surface area (Å²) in [5, 5.41) is 16.7. The molecule has 0 amide bonds. The van der Waals surface area contributed by atoms with Crippen LogP contribution in [0.3, 0.4) is 0 Å². The summed E-state index contributed by atoms with van der Waals surface area (Å²) in [5.74, 6) is 0. The maximum atomic E-state index is 6.47. The monoisotopic (exact) mass is 712 g/mol. The van der Waals surface area contributed by atoms with Crippen LogP contribution in [-0.4, -0.2) is 8.80 Å². The lowest BCUT2D eigenvalue weighted by Gasteiger charge is -2.12. The Morgan fingerprint density at radius 3 is 1.57 bits per heavy atom. The Bertz CT molecular complexity index is 4060. The van der Waals surface area contributed by atoms with Crippen LogP contribution >= 0.6 is 0 Å². The van der Waals surface area contributed by atoms with E-state index in [1.807, 2.05) is 12.1 Å². The van der Waals surface area contributed by atoms with Gasteiger partial charge in [0.15, 0.2) is 0 Å². The number of para-hydroxylation sites is 3. The van der Waals surface area contributed by atoms with Gasteiger partial charge in [0.25, 0.3) is 0 Å². The molecular formula is C52H28N2O2. The van der Waals surface area contributed by atoms with E-state index in [-0.39, 0.29) is 0 Å². The fourth-order valence-electron chi connectivity index (χ4n) is 9.92. The fraction of sp³-hybridized carbons (Fsp3) is 0. The van der Waals surface area contributed by atoms with Crippen molar-refractivity contribution in [2.24, 2.45) is 0 Å². The van der Waals surface area contributed by atoms with Crippen LogP contribution in [0.4, 0.5) is 0 Å². The first-order valence-electron chi connectivity index (χ1n) is 19.1. The van der Waals surface area contributed by atoms with Gasteiger partial charge >= 0.3 is 0 Å². The average molecular weight is 713 g/mol. The number of rotatable bonds is 1. The van der Waals surface area contributed by atoms with Gasteiger partial charge in [-0.1, -0.05) is 97.1 Å². The van der Waals surface area contributed by atoms with Crippen molar-refractivity contribution in [1.29, 1.82) is 0 Å². The quantitative estimate of drug-likeness (QED) is 0.159. The molecule has 0 aliphatic rings. The van der Waals surface area contributed by atoms with E-state index < -0.39 is 0 Å². The molecule has 4 nitrogen and oxygen atoms in total. The lowest BCUT2D eigenvalue weighted by molar-refractivity contribution is 0.669. The normalized spacial score (nSPS) is 12.6. The van der Waals surface area contributed by atoms with E-state index in [0.29, 0.717) is 0 Å². The summed E-state index contributed by atoms with van der Waals surface area (Å²) in [6.45, 7) is 0. The molecule has 0 aliphatic carbocycles. The molecule has 14 aromatic rings. The molecule has 8 aromatic carbocycles. The van der Waals surface area contributed by atoms with Gasteiger partial charge in [0.2, 0.25) is 0 Å². The molecule has 14 rings (SSSR count). The maximum Gasteiger partial charge on any atom is 0.136 e. The summed E-state index contributed by atoms with van der Waals surface area (Å²) in [4.78, 5) is 0. The van der Waals surface area contributed by atoms with Crippen molar-refractivity contribution in [2.75, 3.05) is 0 Å². The number of nitrogens with zero attached hydrogens (tertiary/aromatic N) is 2. The molecule has 0 spiro atoms. The Hall–Kier alpha value is -7.56. The highest BCUT2D eigenvalue weighted by Gasteiger charge is 2.19. The minimum absolute atomic E-state index is 0.909. The molecule has 0 bridgehead atoms. The molecule has 0 saturated heterocycles. The molecule has 6 heterocycles. The number of hydrogen-bond donors (Lipinski definition) is 0. The van der Waals surface area contributed by atoms with Crippen LogP contribution in [0.25, 0.3) is 131 Å². The molecule has 0 atom stereocenters. The van der Waals surface area contributed by atoms with Crippen molar-refractivity contribution in [3.05, 3.63) is 170 Å². The van der Waals surface area contributed by atoms with Crippen LogP contribution in [0.1, 0.15) is 0 Å². The van der Waals surface area contributed by atoms with Gasteiger partial charge in [-0.3, -0.25) is 0 Å². The largest absolute Gasteiger partial charge is 0.456 e. The molecule has 6 aromatic heterocycles. The van der Waals surface area contributed by atoms with Gasteiger partial charge in [0.05, 0.1) is 22.1 Å². The predicted molar refractivity (Wildman–Crippen MR) is 233 cm³/mol. The standard InChI is InChI=1S/C52H28N2O2/c1-2-10-33-31(9-1)27-53-46-20-18-30(22-40(46)39-25-49-42(24-43(39)51(33)53)37-13-5-8-16-48(37)55-49)29-17-19-34-32(21-29)28-54-45-14-6-3-11-35(45)38-23-41-36-12-4-7-15-47(36)56-50(41)26-44(38)52(34)54/h1-28H. The van der Waals surface area contributed by atoms with Gasteiger partial charge in [0, 0.05) is 77.0 Å². The Balaban J connectivity index is 1.04. The molecule has 4 heteroatoms. The Morgan fingerprint density at radius 2 is 0.804 bits per heavy atom. The van der Waals surface area contributed by atoms with Gasteiger partial charge < -0.3 is 17.6 Å². The molecule has 0 aliphatic heterocycles. The van der Waals surface area contributed by atoms with E-state index >= 15 is 0 Å². The van der Waals surface area contributed by atoms with Crippen LogP contribution in [0.5, 0.6) is 0 Å². The third kappa shape index (κ3) is 3.63. The number of benzene rings is 8. The molecule has 0 N–H and O–H groups in total. The smallest absolute Gasteiger partial charge is 0.136 e. The molecule has 0 unspecified atom stereocenters. The minimum Gasteiger partial charge on any atom is -0.456 e. The van der Waals surface area contributed by atoms with E-state index in [1.54, 1.807) is 0 Å². The SMILES string of the molecule is c1ccc2c(c1)cn1c3ccc(-c4ccc5c(c4)cn4c6ccccc6c6cc7c(cc6c54)oc4ccccc47)cc3c3cc4oc5ccccc5c4cc3c21. The second-order valence-electron chi connectivity index (χ2n) is 15.3.